The first-order valence-corrected chi connectivity index (χ1v) is 9.01. The van der Waals surface area contributed by atoms with Gasteiger partial charge in [-0.15, -0.1) is 0 Å². The summed E-state index contributed by atoms with van der Waals surface area (Å²) in [6.45, 7) is 2.42. The minimum atomic E-state index is -3.10. The average Bonchev–Trinajstić information content (AvgIpc) is 2.46. The van der Waals surface area contributed by atoms with Crippen LogP contribution in [0, 0.1) is 5.92 Å². The molecule has 1 atom stereocenters. The van der Waals surface area contributed by atoms with Gasteiger partial charge in [-0.3, -0.25) is 4.98 Å². The molecule has 21 heavy (non-hydrogen) atoms. The zero-order valence-electron chi connectivity index (χ0n) is 12.6. The van der Waals surface area contributed by atoms with Crippen LogP contribution in [0.3, 0.4) is 0 Å². The third-order valence-corrected chi connectivity index (χ3v) is 4.86. The van der Waals surface area contributed by atoms with Gasteiger partial charge in [0.15, 0.2) is 0 Å². The fraction of sp³-hybridized carbons (Fsp3) is 0.643. The van der Waals surface area contributed by atoms with E-state index >= 15 is 0 Å². The van der Waals surface area contributed by atoms with Crippen molar-refractivity contribution >= 4 is 10.0 Å². The maximum absolute atomic E-state index is 11.6. The highest BCUT2D eigenvalue weighted by Gasteiger charge is 2.26. The minimum absolute atomic E-state index is 0.241. The summed E-state index contributed by atoms with van der Waals surface area (Å²) in [7, 11) is -1.22. The van der Waals surface area contributed by atoms with Gasteiger partial charge in [-0.1, -0.05) is 0 Å². The molecule has 0 radical (unpaired) electrons. The van der Waals surface area contributed by atoms with Crippen LogP contribution in [-0.2, 0) is 16.6 Å². The zero-order chi connectivity index (χ0) is 15.3. The van der Waals surface area contributed by atoms with E-state index in [1.165, 1.54) is 6.26 Å². The third kappa shape index (κ3) is 4.94. The number of ether oxygens (including phenoxy) is 1. The summed E-state index contributed by atoms with van der Waals surface area (Å²) in [5.41, 5.74) is 0.964. The number of rotatable bonds is 6. The SMILES string of the molecule is CNCc1ccc(OCC2CCCN(S(C)(=O)=O)C2)cn1. The van der Waals surface area contributed by atoms with Gasteiger partial charge in [0.25, 0.3) is 0 Å². The summed E-state index contributed by atoms with van der Waals surface area (Å²) < 4.78 is 30.4. The predicted molar refractivity (Wildman–Crippen MR) is 81.6 cm³/mol. The first-order chi connectivity index (χ1) is 9.99. The first-order valence-electron chi connectivity index (χ1n) is 7.16. The van der Waals surface area contributed by atoms with Crippen molar-refractivity contribution in [2.24, 2.45) is 5.92 Å². The van der Waals surface area contributed by atoms with Crippen LogP contribution < -0.4 is 10.1 Å². The van der Waals surface area contributed by atoms with Crippen LogP contribution in [-0.4, -0.2) is 50.7 Å². The standard InChI is InChI=1S/C14H23N3O3S/c1-15-8-13-5-6-14(9-16-13)20-11-12-4-3-7-17(10-12)21(2,18)19/h5-6,9,12,15H,3-4,7-8,10-11H2,1-2H3. The molecule has 1 aromatic heterocycles. The van der Waals surface area contributed by atoms with Crippen molar-refractivity contribution in [2.45, 2.75) is 19.4 Å². The smallest absolute Gasteiger partial charge is 0.211 e. The highest BCUT2D eigenvalue weighted by Crippen LogP contribution is 2.20. The van der Waals surface area contributed by atoms with Crippen LogP contribution in [0.4, 0.5) is 0 Å². The summed E-state index contributed by atoms with van der Waals surface area (Å²) in [6, 6.07) is 3.83. The molecule has 1 aliphatic heterocycles. The van der Waals surface area contributed by atoms with Crippen LogP contribution in [0.5, 0.6) is 5.75 Å². The lowest BCUT2D eigenvalue weighted by Crippen LogP contribution is -2.40. The van der Waals surface area contributed by atoms with E-state index in [2.05, 4.69) is 10.3 Å². The predicted octanol–water partition coefficient (Wildman–Crippen LogP) is 0.851. The molecule has 1 N–H and O–H groups in total. The molecule has 0 aromatic carbocycles. The zero-order valence-corrected chi connectivity index (χ0v) is 13.4. The average molecular weight is 313 g/mol. The number of aromatic nitrogens is 1. The van der Waals surface area contributed by atoms with E-state index < -0.39 is 10.0 Å². The van der Waals surface area contributed by atoms with E-state index in [0.29, 0.717) is 19.7 Å². The van der Waals surface area contributed by atoms with Crippen molar-refractivity contribution < 1.29 is 13.2 Å². The highest BCUT2D eigenvalue weighted by molar-refractivity contribution is 7.88. The van der Waals surface area contributed by atoms with Crippen LogP contribution in [0.2, 0.25) is 0 Å². The van der Waals surface area contributed by atoms with Gasteiger partial charge in [0, 0.05) is 25.6 Å². The Morgan fingerprint density at radius 3 is 2.90 bits per heavy atom. The van der Waals surface area contributed by atoms with E-state index in [0.717, 1.165) is 30.8 Å². The fourth-order valence-corrected chi connectivity index (χ4v) is 3.40. The molecule has 0 bridgehead atoms. The number of hydrogen-bond donors (Lipinski definition) is 1. The molecular weight excluding hydrogens is 290 g/mol. The lowest BCUT2D eigenvalue weighted by Gasteiger charge is -2.30. The van der Waals surface area contributed by atoms with Gasteiger partial charge >= 0.3 is 0 Å². The summed E-state index contributed by atoms with van der Waals surface area (Å²) in [6.07, 6.45) is 4.86. The van der Waals surface area contributed by atoms with E-state index in [9.17, 15) is 8.42 Å². The molecule has 1 aliphatic rings. The van der Waals surface area contributed by atoms with Gasteiger partial charge in [-0.05, 0) is 32.0 Å². The van der Waals surface area contributed by atoms with Crippen LogP contribution in [0.25, 0.3) is 0 Å². The molecule has 7 heteroatoms. The Labute approximate surface area is 126 Å². The maximum Gasteiger partial charge on any atom is 0.211 e. The Hall–Kier alpha value is -1.18. The number of sulfonamides is 1. The molecule has 1 aromatic rings. The van der Waals surface area contributed by atoms with E-state index in [4.69, 9.17) is 4.74 Å². The molecule has 2 heterocycles. The van der Waals surface area contributed by atoms with Crippen LogP contribution >= 0.6 is 0 Å². The van der Waals surface area contributed by atoms with Gasteiger partial charge in [0.05, 0.1) is 24.8 Å². The Balaban J connectivity index is 1.85. The molecule has 0 saturated carbocycles. The molecule has 0 aliphatic carbocycles. The van der Waals surface area contributed by atoms with Crippen molar-refractivity contribution in [3.05, 3.63) is 24.0 Å². The second-order valence-corrected chi connectivity index (χ2v) is 7.44. The van der Waals surface area contributed by atoms with Crippen molar-refractivity contribution in [1.29, 1.82) is 0 Å². The van der Waals surface area contributed by atoms with Crippen molar-refractivity contribution in [2.75, 3.05) is 33.0 Å². The quantitative estimate of drug-likeness (QED) is 0.843. The molecule has 1 saturated heterocycles. The molecule has 1 fully saturated rings. The topological polar surface area (TPSA) is 71.5 Å². The van der Waals surface area contributed by atoms with Crippen molar-refractivity contribution in [3.8, 4) is 5.75 Å². The van der Waals surface area contributed by atoms with Gasteiger partial charge in [0.1, 0.15) is 5.75 Å². The molecule has 0 amide bonds. The van der Waals surface area contributed by atoms with Crippen molar-refractivity contribution in [1.82, 2.24) is 14.6 Å². The summed E-state index contributed by atoms with van der Waals surface area (Å²) in [4.78, 5) is 4.29. The highest BCUT2D eigenvalue weighted by atomic mass is 32.2. The monoisotopic (exact) mass is 313 g/mol. The lowest BCUT2D eigenvalue weighted by atomic mass is 10.0. The number of piperidine rings is 1. The number of nitrogens with one attached hydrogen (secondary N) is 1. The van der Waals surface area contributed by atoms with Crippen LogP contribution in [0.1, 0.15) is 18.5 Å². The Bertz CT molecular complexity index is 545. The van der Waals surface area contributed by atoms with E-state index in [1.807, 2.05) is 19.2 Å². The fourth-order valence-electron chi connectivity index (χ4n) is 2.46. The maximum atomic E-state index is 11.6. The summed E-state index contributed by atoms with van der Waals surface area (Å²) in [5.74, 6) is 0.969. The van der Waals surface area contributed by atoms with Crippen molar-refractivity contribution in [3.63, 3.8) is 0 Å². The Kier molecular flexibility index (Phi) is 5.55. The molecular formula is C14H23N3O3S. The normalized spacial score (nSPS) is 20.4. The second kappa shape index (κ2) is 7.20. The van der Waals surface area contributed by atoms with E-state index in [-0.39, 0.29) is 5.92 Å². The van der Waals surface area contributed by atoms with Gasteiger partial charge < -0.3 is 10.1 Å². The minimum Gasteiger partial charge on any atom is -0.492 e. The molecule has 118 valence electrons. The van der Waals surface area contributed by atoms with E-state index in [1.54, 1.807) is 10.5 Å². The second-order valence-electron chi connectivity index (χ2n) is 5.46. The van der Waals surface area contributed by atoms with Gasteiger partial charge in [-0.25, -0.2) is 12.7 Å². The Morgan fingerprint density at radius 1 is 1.48 bits per heavy atom. The summed E-state index contributed by atoms with van der Waals surface area (Å²) in [5, 5.41) is 3.04. The third-order valence-electron chi connectivity index (χ3n) is 3.59. The number of hydrogen-bond acceptors (Lipinski definition) is 5. The molecule has 0 spiro atoms. The summed E-state index contributed by atoms with van der Waals surface area (Å²) >= 11 is 0. The molecule has 6 nitrogen and oxygen atoms in total. The number of nitrogens with zero attached hydrogens (tertiary/aromatic N) is 2. The van der Waals surface area contributed by atoms with Gasteiger partial charge in [0.2, 0.25) is 10.0 Å². The largest absolute Gasteiger partial charge is 0.492 e. The first kappa shape index (κ1) is 16.2. The lowest BCUT2D eigenvalue weighted by molar-refractivity contribution is 0.180. The molecule has 1 unspecified atom stereocenters. The Morgan fingerprint density at radius 2 is 2.29 bits per heavy atom. The molecule has 2 rings (SSSR count). The number of pyridine rings is 1. The van der Waals surface area contributed by atoms with Gasteiger partial charge in [-0.2, -0.15) is 0 Å². The van der Waals surface area contributed by atoms with Crippen LogP contribution in [0.15, 0.2) is 18.3 Å².